The van der Waals surface area contributed by atoms with E-state index in [0.717, 1.165) is 13.1 Å². The van der Waals surface area contributed by atoms with Crippen molar-refractivity contribution in [1.29, 1.82) is 0 Å². The number of nitrogens with zero attached hydrogens (tertiary/aromatic N) is 1. The second-order valence-electron chi connectivity index (χ2n) is 5.29. The first-order chi connectivity index (χ1) is 6.79. The number of amides is 1. The van der Waals surface area contributed by atoms with Crippen LogP contribution < -0.4 is 5.32 Å². The minimum atomic E-state index is -0.412. The third kappa shape index (κ3) is 4.58. The quantitative estimate of drug-likeness (QED) is 0.715. The Bertz CT molecular complexity index is 241. The Morgan fingerprint density at radius 2 is 1.94 bits per heavy atom. The summed E-state index contributed by atoms with van der Waals surface area (Å²) in [6.45, 7) is 11.3. The Kier molecular flexibility index (Phi) is 5.56. The van der Waals surface area contributed by atoms with Crippen LogP contribution in [0.2, 0.25) is 0 Å². The molecule has 0 unspecified atom stereocenters. The summed E-state index contributed by atoms with van der Waals surface area (Å²) >= 11 is 0. The largest absolute Gasteiger partial charge is 0.444 e. The zero-order chi connectivity index (χ0) is 11.6. The third-order valence-corrected chi connectivity index (χ3v) is 2.39. The van der Waals surface area contributed by atoms with E-state index in [1.165, 1.54) is 0 Å². The highest BCUT2D eigenvalue weighted by molar-refractivity contribution is 5.85. The summed E-state index contributed by atoms with van der Waals surface area (Å²) in [5.74, 6) is 0. The molecule has 1 rings (SSSR count). The van der Waals surface area contributed by atoms with E-state index >= 15 is 0 Å². The maximum Gasteiger partial charge on any atom is 0.410 e. The van der Waals surface area contributed by atoms with Crippen molar-refractivity contribution in [3.05, 3.63) is 0 Å². The van der Waals surface area contributed by atoms with Crippen molar-refractivity contribution >= 4 is 18.5 Å². The maximum absolute atomic E-state index is 11.8. The van der Waals surface area contributed by atoms with Crippen LogP contribution in [0, 0.1) is 0 Å². The molecule has 0 radical (unpaired) electrons. The molecular weight excluding hydrogens is 228 g/mol. The van der Waals surface area contributed by atoms with Crippen LogP contribution in [0.4, 0.5) is 4.79 Å². The van der Waals surface area contributed by atoms with Gasteiger partial charge in [0.25, 0.3) is 0 Å². The highest BCUT2D eigenvalue weighted by atomic mass is 35.5. The van der Waals surface area contributed by atoms with E-state index in [9.17, 15) is 4.79 Å². The van der Waals surface area contributed by atoms with Gasteiger partial charge in [-0.25, -0.2) is 4.79 Å². The second-order valence-corrected chi connectivity index (χ2v) is 5.29. The second kappa shape index (κ2) is 5.73. The molecule has 1 saturated heterocycles. The molecule has 0 saturated carbocycles. The predicted octanol–water partition coefficient (Wildman–Crippen LogP) is 2.03. The van der Waals surface area contributed by atoms with Crippen molar-refractivity contribution in [2.45, 2.75) is 52.3 Å². The van der Waals surface area contributed by atoms with Gasteiger partial charge in [0, 0.05) is 25.2 Å². The molecule has 1 heterocycles. The molecule has 5 heteroatoms. The van der Waals surface area contributed by atoms with Crippen molar-refractivity contribution in [2.24, 2.45) is 0 Å². The van der Waals surface area contributed by atoms with Gasteiger partial charge in [-0.05, 0) is 34.6 Å². The first kappa shape index (κ1) is 15.5. The maximum atomic E-state index is 11.8. The average Bonchev–Trinajstić information content (AvgIpc) is 2.06. The van der Waals surface area contributed by atoms with Crippen molar-refractivity contribution in [1.82, 2.24) is 10.2 Å². The Morgan fingerprint density at radius 1 is 1.38 bits per heavy atom. The van der Waals surface area contributed by atoms with E-state index in [4.69, 9.17) is 4.74 Å². The van der Waals surface area contributed by atoms with Gasteiger partial charge in [0.05, 0.1) is 0 Å². The number of halogens is 1. The molecule has 0 aliphatic carbocycles. The van der Waals surface area contributed by atoms with Gasteiger partial charge in [-0.15, -0.1) is 12.4 Å². The fraction of sp³-hybridized carbons (Fsp3) is 0.909. The van der Waals surface area contributed by atoms with Crippen molar-refractivity contribution < 1.29 is 9.53 Å². The number of nitrogens with one attached hydrogen (secondary N) is 1. The minimum absolute atomic E-state index is 0. The molecule has 0 aromatic rings. The number of rotatable bonds is 0. The molecular formula is C11H23ClN2O2. The van der Waals surface area contributed by atoms with E-state index in [2.05, 4.69) is 12.2 Å². The molecule has 0 aromatic heterocycles. The lowest BCUT2D eigenvalue weighted by atomic mass is 10.1. The summed E-state index contributed by atoms with van der Waals surface area (Å²) in [6.07, 6.45) is -0.205. The topological polar surface area (TPSA) is 41.6 Å². The fourth-order valence-electron chi connectivity index (χ4n) is 1.60. The summed E-state index contributed by atoms with van der Waals surface area (Å²) in [4.78, 5) is 13.6. The van der Waals surface area contributed by atoms with Crippen LogP contribution in [0.3, 0.4) is 0 Å². The van der Waals surface area contributed by atoms with Gasteiger partial charge in [0.1, 0.15) is 5.60 Å². The van der Waals surface area contributed by atoms with Gasteiger partial charge in [0.15, 0.2) is 0 Å². The van der Waals surface area contributed by atoms with Crippen molar-refractivity contribution in [3.8, 4) is 0 Å². The average molecular weight is 251 g/mol. The number of hydrogen-bond acceptors (Lipinski definition) is 3. The van der Waals surface area contributed by atoms with Crippen LogP contribution in [-0.4, -0.2) is 41.8 Å². The van der Waals surface area contributed by atoms with Crippen LogP contribution in [0.1, 0.15) is 34.6 Å². The third-order valence-electron chi connectivity index (χ3n) is 2.39. The first-order valence-corrected chi connectivity index (χ1v) is 5.52. The van der Waals surface area contributed by atoms with Crippen LogP contribution in [0.5, 0.6) is 0 Å². The molecule has 0 aromatic carbocycles. The minimum Gasteiger partial charge on any atom is -0.444 e. The Hall–Kier alpha value is -0.480. The zero-order valence-corrected chi connectivity index (χ0v) is 11.6. The van der Waals surface area contributed by atoms with Gasteiger partial charge in [0.2, 0.25) is 0 Å². The summed E-state index contributed by atoms with van der Waals surface area (Å²) in [5, 5.41) is 3.33. The highest BCUT2D eigenvalue weighted by Crippen LogP contribution is 2.14. The molecule has 0 spiro atoms. The van der Waals surface area contributed by atoms with Crippen molar-refractivity contribution in [2.75, 3.05) is 13.1 Å². The van der Waals surface area contributed by atoms with E-state index < -0.39 is 5.60 Å². The number of hydrogen-bond donors (Lipinski definition) is 1. The molecule has 1 aliphatic heterocycles. The van der Waals surface area contributed by atoms with Gasteiger partial charge >= 0.3 is 6.09 Å². The normalized spacial score (nSPS) is 25.9. The Labute approximate surface area is 104 Å². The standard InChI is InChI=1S/C11H22N2O2.ClH/c1-8-7-13(9(2)6-12-8)10(14)15-11(3,4)5;/h8-9,12H,6-7H2,1-5H3;1H/t8-,9-;/m0./s1. The predicted molar refractivity (Wildman–Crippen MR) is 67.1 cm³/mol. The van der Waals surface area contributed by atoms with E-state index in [1.807, 2.05) is 27.7 Å². The molecule has 0 bridgehead atoms. The van der Waals surface area contributed by atoms with E-state index in [1.54, 1.807) is 4.90 Å². The molecule has 4 nitrogen and oxygen atoms in total. The van der Waals surface area contributed by atoms with Gasteiger partial charge in [-0.2, -0.15) is 0 Å². The smallest absolute Gasteiger partial charge is 0.410 e. The first-order valence-electron chi connectivity index (χ1n) is 5.52. The van der Waals surface area contributed by atoms with Crippen LogP contribution in [0.15, 0.2) is 0 Å². The lowest BCUT2D eigenvalue weighted by Crippen LogP contribution is -2.57. The van der Waals surface area contributed by atoms with Gasteiger partial charge in [-0.3, -0.25) is 0 Å². The molecule has 1 fully saturated rings. The summed E-state index contributed by atoms with van der Waals surface area (Å²) in [6, 6.07) is 0.546. The van der Waals surface area contributed by atoms with Gasteiger partial charge < -0.3 is 15.0 Å². The molecule has 1 amide bonds. The number of piperazine rings is 1. The highest BCUT2D eigenvalue weighted by Gasteiger charge is 2.29. The molecule has 1 N–H and O–H groups in total. The lowest BCUT2D eigenvalue weighted by molar-refractivity contribution is 0.0104. The van der Waals surface area contributed by atoms with Gasteiger partial charge in [-0.1, -0.05) is 0 Å². The summed E-state index contributed by atoms with van der Waals surface area (Å²) in [7, 11) is 0. The summed E-state index contributed by atoms with van der Waals surface area (Å²) in [5.41, 5.74) is -0.412. The van der Waals surface area contributed by atoms with E-state index in [0.29, 0.717) is 6.04 Å². The molecule has 16 heavy (non-hydrogen) atoms. The fourth-order valence-corrected chi connectivity index (χ4v) is 1.60. The molecule has 1 aliphatic rings. The molecule has 96 valence electrons. The number of carbonyl (C=O) groups is 1. The molecule has 2 atom stereocenters. The Balaban J connectivity index is 0.00000225. The summed E-state index contributed by atoms with van der Waals surface area (Å²) < 4.78 is 5.36. The monoisotopic (exact) mass is 250 g/mol. The lowest BCUT2D eigenvalue weighted by Gasteiger charge is -2.38. The number of carbonyl (C=O) groups excluding carboxylic acids is 1. The van der Waals surface area contributed by atoms with Crippen LogP contribution in [0.25, 0.3) is 0 Å². The number of ether oxygens (including phenoxy) is 1. The SMILES string of the molecule is C[C@H]1CN(C(=O)OC(C)(C)C)[C@@H](C)CN1.Cl. The zero-order valence-electron chi connectivity index (χ0n) is 10.7. The van der Waals surface area contributed by atoms with Crippen LogP contribution >= 0.6 is 12.4 Å². The van der Waals surface area contributed by atoms with Crippen molar-refractivity contribution in [3.63, 3.8) is 0 Å². The Morgan fingerprint density at radius 3 is 2.44 bits per heavy atom. The van der Waals surface area contributed by atoms with E-state index in [-0.39, 0.29) is 24.5 Å². The van der Waals surface area contributed by atoms with Crippen LogP contribution in [-0.2, 0) is 4.74 Å².